The highest BCUT2D eigenvalue weighted by Crippen LogP contribution is 2.31. The maximum Gasteiger partial charge on any atom is 0.189 e. The van der Waals surface area contributed by atoms with Crippen LogP contribution in [0.1, 0.15) is 57.2 Å². The summed E-state index contributed by atoms with van der Waals surface area (Å²) in [6.07, 6.45) is 9.83. The third-order valence-corrected chi connectivity index (χ3v) is 6.97. The van der Waals surface area contributed by atoms with Gasteiger partial charge < -0.3 is 15.6 Å². The lowest BCUT2D eigenvalue weighted by molar-refractivity contribution is 0.372. The number of anilines is 1. The number of nitriles is 1. The van der Waals surface area contributed by atoms with Crippen LogP contribution in [0.2, 0.25) is 0 Å². The first kappa shape index (κ1) is 24.6. The number of nitrogen functional groups attached to an aromatic ring is 1. The molecule has 0 amide bonds. The Hall–Kier alpha value is -4.09. The molecule has 3 aromatic heterocycles. The van der Waals surface area contributed by atoms with Gasteiger partial charge in [0.25, 0.3) is 0 Å². The topological polar surface area (TPSA) is 127 Å². The van der Waals surface area contributed by atoms with Gasteiger partial charge in [0.1, 0.15) is 5.69 Å². The summed E-state index contributed by atoms with van der Waals surface area (Å²) in [6, 6.07) is 16.8. The Labute approximate surface area is 217 Å². The first-order valence-corrected chi connectivity index (χ1v) is 12.7. The van der Waals surface area contributed by atoms with Crippen molar-refractivity contribution in [3.8, 4) is 40.0 Å². The van der Waals surface area contributed by atoms with Crippen molar-refractivity contribution in [2.24, 2.45) is 0 Å². The molecule has 5 rings (SSSR count). The van der Waals surface area contributed by atoms with Crippen LogP contribution in [-0.2, 0) is 12.0 Å². The molecule has 0 atom stereocenters. The lowest BCUT2D eigenvalue weighted by atomic mass is 9.90. The second-order valence-corrected chi connectivity index (χ2v) is 10.1. The highest BCUT2D eigenvalue weighted by molar-refractivity contribution is 5.73. The minimum absolute atomic E-state index is 0.252. The Bertz CT molecular complexity index is 1410. The van der Waals surface area contributed by atoms with E-state index < -0.39 is 5.41 Å². The fourth-order valence-corrected chi connectivity index (χ4v) is 4.59. The Kier molecular flexibility index (Phi) is 6.97. The molecule has 37 heavy (non-hydrogen) atoms. The summed E-state index contributed by atoms with van der Waals surface area (Å²) in [7, 11) is 0. The number of benzene rings is 1. The monoisotopic (exact) mass is 493 g/mol. The van der Waals surface area contributed by atoms with Crippen molar-refractivity contribution in [3.63, 3.8) is 0 Å². The highest BCUT2D eigenvalue weighted by Gasteiger charge is 2.22. The number of hydrogen-bond donors (Lipinski definition) is 2. The maximum atomic E-state index is 9.47. The molecule has 1 aromatic carbocycles. The molecule has 8 heteroatoms. The van der Waals surface area contributed by atoms with Crippen molar-refractivity contribution in [1.82, 2.24) is 25.4 Å². The number of aromatic nitrogens is 4. The molecule has 3 N–H and O–H groups in total. The molecule has 0 bridgehead atoms. The van der Waals surface area contributed by atoms with E-state index in [1.807, 2.05) is 32.0 Å². The van der Waals surface area contributed by atoms with E-state index in [-0.39, 0.29) is 5.82 Å². The second kappa shape index (κ2) is 10.5. The first-order valence-electron chi connectivity index (χ1n) is 12.7. The average Bonchev–Trinajstić information content (AvgIpc) is 3.43. The predicted molar refractivity (Wildman–Crippen MR) is 143 cm³/mol. The summed E-state index contributed by atoms with van der Waals surface area (Å²) in [4.78, 5) is 13.4. The van der Waals surface area contributed by atoms with Gasteiger partial charge in [-0.05, 0) is 44.4 Å². The minimum atomic E-state index is -0.721. The van der Waals surface area contributed by atoms with Crippen molar-refractivity contribution >= 4 is 5.82 Å². The van der Waals surface area contributed by atoms with E-state index in [0.29, 0.717) is 34.6 Å². The SMILES string of the molecule is CC(C)(C#N)c1cc(-c2cnc(N)c(-c3cc(-c4ccc(CNC5CCCCC5)cc4)no3)n2)ccn1. The van der Waals surface area contributed by atoms with Gasteiger partial charge in [-0.2, -0.15) is 5.26 Å². The summed E-state index contributed by atoms with van der Waals surface area (Å²) in [5, 5.41) is 17.4. The molecule has 0 spiro atoms. The average molecular weight is 494 g/mol. The van der Waals surface area contributed by atoms with Crippen LogP contribution in [0, 0.1) is 11.3 Å². The van der Waals surface area contributed by atoms with Gasteiger partial charge in [0.05, 0.1) is 29.1 Å². The molecule has 0 unspecified atom stereocenters. The molecule has 1 saturated carbocycles. The third-order valence-electron chi connectivity index (χ3n) is 6.97. The normalized spacial score (nSPS) is 14.4. The van der Waals surface area contributed by atoms with Crippen LogP contribution in [0.15, 0.2) is 59.4 Å². The predicted octanol–water partition coefficient (Wildman–Crippen LogP) is 5.67. The van der Waals surface area contributed by atoms with E-state index in [0.717, 1.165) is 17.7 Å². The molecule has 3 heterocycles. The minimum Gasteiger partial charge on any atom is -0.382 e. The molecule has 1 fully saturated rings. The zero-order chi connectivity index (χ0) is 25.8. The Balaban J connectivity index is 1.34. The van der Waals surface area contributed by atoms with E-state index in [4.69, 9.17) is 15.2 Å². The van der Waals surface area contributed by atoms with Gasteiger partial charge >= 0.3 is 0 Å². The summed E-state index contributed by atoms with van der Waals surface area (Å²) in [6.45, 7) is 4.53. The third kappa shape index (κ3) is 5.52. The molecule has 188 valence electrons. The highest BCUT2D eigenvalue weighted by atomic mass is 16.5. The molecular weight excluding hydrogens is 462 g/mol. The zero-order valence-electron chi connectivity index (χ0n) is 21.2. The van der Waals surface area contributed by atoms with Gasteiger partial charge in [0.15, 0.2) is 17.3 Å². The van der Waals surface area contributed by atoms with E-state index in [1.54, 1.807) is 12.4 Å². The van der Waals surface area contributed by atoms with Crippen molar-refractivity contribution < 1.29 is 4.52 Å². The summed E-state index contributed by atoms with van der Waals surface area (Å²) >= 11 is 0. The van der Waals surface area contributed by atoms with Crippen LogP contribution >= 0.6 is 0 Å². The maximum absolute atomic E-state index is 9.47. The Morgan fingerprint density at radius 2 is 1.81 bits per heavy atom. The van der Waals surface area contributed by atoms with Crippen LogP contribution in [0.3, 0.4) is 0 Å². The second-order valence-electron chi connectivity index (χ2n) is 10.1. The molecule has 0 aliphatic heterocycles. The largest absolute Gasteiger partial charge is 0.382 e. The van der Waals surface area contributed by atoms with E-state index >= 15 is 0 Å². The number of hydrogen-bond acceptors (Lipinski definition) is 8. The molecule has 0 saturated heterocycles. The summed E-state index contributed by atoms with van der Waals surface area (Å²) in [5.41, 5.74) is 10.8. The van der Waals surface area contributed by atoms with Crippen LogP contribution in [0.25, 0.3) is 34.0 Å². The van der Waals surface area contributed by atoms with Crippen LogP contribution in [0.4, 0.5) is 5.82 Å². The Morgan fingerprint density at radius 1 is 1.03 bits per heavy atom. The molecule has 0 radical (unpaired) electrons. The lowest BCUT2D eigenvalue weighted by Gasteiger charge is -2.22. The van der Waals surface area contributed by atoms with Gasteiger partial charge in [0, 0.05) is 36.0 Å². The number of nitrogens with two attached hydrogens (primary N) is 1. The van der Waals surface area contributed by atoms with Gasteiger partial charge in [0.2, 0.25) is 0 Å². The standard InChI is InChI=1S/C29H31N7O/c1-29(2,18-30)26-14-21(12-13-32-26)24-17-34-28(31)27(35-24)25-15-23(36-37-25)20-10-8-19(9-11-20)16-33-22-6-4-3-5-7-22/h8-15,17,22,33H,3-7,16H2,1-2H3,(H2,31,34). The van der Waals surface area contributed by atoms with Crippen LogP contribution in [0.5, 0.6) is 0 Å². The van der Waals surface area contributed by atoms with Crippen molar-refractivity contribution in [3.05, 3.63) is 66.1 Å². The quantitative estimate of drug-likeness (QED) is 0.337. The summed E-state index contributed by atoms with van der Waals surface area (Å²) < 4.78 is 5.63. The first-order chi connectivity index (χ1) is 17.9. The van der Waals surface area contributed by atoms with E-state index in [9.17, 15) is 5.26 Å². The van der Waals surface area contributed by atoms with Crippen molar-refractivity contribution in [2.45, 2.75) is 64.0 Å². The number of pyridine rings is 1. The molecule has 4 aromatic rings. The Morgan fingerprint density at radius 3 is 2.57 bits per heavy atom. The van der Waals surface area contributed by atoms with Gasteiger partial charge in [-0.1, -0.05) is 48.7 Å². The lowest BCUT2D eigenvalue weighted by Crippen LogP contribution is -2.30. The number of rotatable bonds is 7. The molecule has 8 nitrogen and oxygen atoms in total. The van der Waals surface area contributed by atoms with E-state index in [2.05, 4.69) is 50.8 Å². The fraction of sp³-hybridized carbons (Fsp3) is 0.345. The molecular formula is C29H31N7O. The van der Waals surface area contributed by atoms with Crippen LogP contribution in [-0.4, -0.2) is 26.2 Å². The van der Waals surface area contributed by atoms with Gasteiger partial charge in [-0.3, -0.25) is 4.98 Å². The smallest absolute Gasteiger partial charge is 0.189 e. The van der Waals surface area contributed by atoms with Gasteiger partial charge in [-0.15, -0.1) is 0 Å². The van der Waals surface area contributed by atoms with Crippen LogP contribution < -0.4 is 11.1 Å². The molecule has 1 aliphatic rings. The van der Waals surface area contributed by atoms with Crippen molar-refractivity contribution in [2.75, 3.05) is 5.73 Å². The zero-order valence-corrected chi connectivity index (χ0v) is 21.2. The molecule has 1 aliphatic carbocycles. The van der Waals surface area contributed by atoms with Gasteiger partial charge in [-0.25, -0.2) is 9.97 Å². The fourth-order valence-electron chi connectivity index (χ4n) is 4.59. The summed E-state index contributed by atoms with van der Waals surface area (Å²) in [5.74, 6) is 0.693. The number of nitrogens with zero attached hydrogens (tertiary/aromatic N) is 5. The number of nitrogens with one attached hydrogen (secondary N) is 1. The van der Waals surface area contributed by atoms with Crippen molar-refractivity contribution in [1.29, 1.82) is 5.26 Å². The van der Waals surface area contributed by atoms with E-state index in [1.165, 1.54) is 37.7 Å².